The molecular formula is C21H22FN3O2S. The third-order valence-corrected chi connectivity index (χ3v) is 6.32. The van der Waals surface area contributed by atoms with Crippen LogP contribution in [0.4, 0.5) is 4.39 Å². The molecule has 5 nitrogen and oxygen atoms in total. The van der Waals surface area contributed by atoms with Gasteiger partial charge in [0.1, 0.15) is 5.82 Å². The van der Waals surface area contributed by atoms with E-state index in [1.54, 1.807) is 6.20 Å². The number of halogens is 1. The van der Waals surface area contributed by atoms with Gasteiger partial charge in [0, 0.05) is 17.6 Å². The van der Waals surface area contributed by atoms with Crippen LogP contribution in [0.15, 0.2) is 40.9 Å². The predicted molar refractivity (Wildman–Crippen MR) is 107 cm³/mol. The van der Waals surface area contributed by atoms with Crippen LogP contribution in [0.3, 0.4) is 0 Å². The van der Waals surface area contributed by atoms with E-state index in [4.69, 9.17) is 0 Å². The zero-order valence-electron chi connectivity index (χ0n) is 15.5. The molecule has 0 aliphatic heterocycles. The van der Waals surface area contributed by atoms with Gasteiger partial charge in [-0.05, 0) is 24.5 Å². The largest absolute Gasteiger partial charge is 0.297 e. The molecule has 1 saturated carbocycles. The van der Waals surface area contributed by atoms with Gasteiger partial charge in [-0.1, -0.05) is 32.1 Å². The van der Waals surface area contributed by atoms with Crippen LogP contribution in [-0.2, 0) is 11.2 Å². The Morgan fingerprint density at radius 3 is 2.82 bits per heavy atom. The number of fused-ring (bicyclic) bond motifs is 1. The Morgan fingerprint density at radius 2 is 2.07 bits per heavy atom. The number of ketones is 1. The maximum absolute atomic E-state index is 13.5. The first kappa shape index (κ1) is 18.9. The summed E-state index contributed by atoms with van der Waals surface area (Å²) in [6, 6.07) is 3.37. The smallest absolute Gasteiger partial charge is 0.261 e. The van der Waals surface area contributed by atoms with Crippen molar-refractivity contribution >= 4 is 28.0 Å². The van der Waals surface area contributed by atoms with Gasteiger partial charge in [0.2, 0.25) is 0 Å². The van der Waals surface area contributed by atoms with Gasteiger partial charge in [0.05, 0.1) is 34.7 Å². The Balaban J connectivity index is 1.70. The Labute approximate surface area is 166 Å². The van der Waals surface area contributed by atoms with Gasteiger partial charge in [-0.15, -0.1) is 11.3 Å². The predicted octanol–water partition coefficient (Wildman–Crippen LogP) is 4.32. The van der Waals surface area contributed by atoms with Crippen LogP contribution >= 0.6 is 11.3 Å². The molecule has 1 unspecified atom stereocenters. The Morgan fingerprint density at radius 1 is 1.25 bits per heavy atom. The van der Waals surface area contributed by atoms with Crippen LogP contribution < -0.4 is 5.56 Å². The fourth-order valence-electron chi connectivity index (χ4n) is 4.08. The molecule has 0 spiro atoms. The third kappa shape index (κ3) is 4.04. The van der Waals surface area contributed by atoms with E-state index >= 15 is 0 Å². The van der Waals surface area contributed by atoms with Crippen LogP contribution in [0, 0.1) is 11.7 Å². The molecule has 1 aliphatic rings. The van der Waals surface area contributed by atoms with E-state index in [0.29, 0.717) is 23.2 Å². The first-order valence-corrected chi connectivity index (χ1v) is 10.6. The fraction of sp³-hybridized carbons (Fsp3) is 0.429. The summed E-state index contributed by atoms with van der Waals surface area (Å²) in [6.45, 7) is 0. The standard InChI is InChI=1S/C21H22FN3O2S/c22-15-6-7-16-17(11-15)24-13-25(21(16)27)18(10-14-4-2-1-3-5-14)19(26)12-20-23-8-9-28-20/h6-9,11,13-14,18H,1-5,10,12H2. The van der Waals surface area contributed by atoms with E-state index in [1.165, 1.54) is 59.7 Å². The monoisotopic (exact) mass is 399 g/mol. The number of carbonyl (C=O) groups excluding carboxylic acids is 1. The maximum atomic E-state index is 13.5. The van der Waals surface area contributed by atoms with Gasteiger partial charge in [0.25, 0.3) is 5.56 Å². The molecule has 0 bridgehead atoms. The van der Waals surface area contributed by atoms with Crippen LogP contribution in [-0.4, -0.2) is 20.3 Å². The first-order valence-electron chi connectivity index (χ1n) is 9.69. The van der Waals surface area contributed by atoms with Crippen LogP contribution in [0.5, 0.6) is 0 Å². The molecule has 1 fully saturated rings. The Bertz CT molecular complexity index is 1030. The van der Waals surface area contributed by atoms with Crippen molar-refractivity contribution in [3.05, 3.63) is 57.3 Å². The molecule has 0 saturated heterocycles. The van der Waals surface area contributed by atoms with Gasteiger partial charge < -0.3 is 0 Å². The third-order valence-electron chi connectivity index (χ3n) is 5.54. The highest BCUT2D eigenvalue weighted by Gasteiger charge is 2.27. The summed E-state index contributed by atoms with van der Waals surface area (Å²) in [4.78, 5) is 34.7. The minimum absolute atomic E-state index is 0.0223. The summed E-state index contributed by atoms with van der Waals surface area (Å²) in [6.07, 6.45) is 9.67. The Kier molecular flexibility index (Phi) is 5.62. The van der Waals surface area contributed by atoms with Gasteiger partial charge in [-0.25, -0.2) is 14.4 Å². The first-order chi connectivity index (χ1) is 13.6. The number of carbonyl (C=O) groups is 1. The zero-order valence-corrected chi connectivity index (χ0v) is 16.3. The molecule has 0 N–H and O–H groups in total. The highest BCUT2D eigenvalue weighted by atomic mass is 32.1. The second-order valence-electron chi connectivity index (χ2n) is 7.44. The van der Waals surface area contributed by atoms with Crippen LogP contribution in [0.2, 0.25) is 0 Å². The van der Waals surface area contributed by atoms with Crippen molar-refractivity contribution < 1.29 is 9.18 Å². The molecular weight excluding hydrogens is 377 g/mol. The highest BCUT2D eigenvalue weighted by molar-refractivity contribution is 7.09. The summed E-state index contributed by atoms with van der Waals surface area (Å²) < 4.78 is 14.9. The lowest BCUT2D eigenvalue weighted by Crippen LogP contribution is -2.33. The van der Waals surface area contributed by atoms with Crippen LogP contribution in [0.1, 0.15) is 49.6 Å². The second-order valence-corrected chi connectivity index (χ2v) is 8.42. The van der Waals surface area contributed by atoms with E-state index in [2.05, 4.69) is 9.97 Å². The summed E-state index contributed by atoms with van der Waals surface area (Å²) in [5.41, 5.74) is 0.0170. The average Bonchev–Trinajstić information content (AvgIpc) is 3.20. The zero-order chi connectivity index (χ0) is 19.5. The van der Waals surface area contributed by atoms with Gasteiger partial charge in [-0.3, -0.25) is 14.2 Å². The number of Topliss-reactive ketones (excluding diaryl/α,β-unsaturated/α-hetero) is 1. The average molecular weight is 399 g/mol. The lowest BCUT2D eigenvalue weighted by molar-refractivity contribution is -0.122. The molecule has 28 heavy (non-hydrogen) atoms. The number of aromatic nitrogens is 3. The number of benzene rings is 1. The molecule has 0 amide bonds. The minimum atomic E-state index is -0.568. The summed E-state index contributed by atoms with van der Waals surface area (Å²) in [7, 11) is 0. The van der Waals surface area contributed by atoms with E-state index in [0.717, 1.165) is 17.8 Å². The van der Waals surface area contributed by atoms with E-state index in [-0.39, 0.29) is 17.8 Å². The Hall–Kier alpha value is -2.41. The summed E-state index contributed by atoms with van der Waals surface area (Å²) in [5, 5.41) is 2.93. The number of rotatable bonds is 6. The molecule has 2 aromatic heterocycles. The normalized spacial score (nSPS) is 16.3. The molecule has 7 heteroatoms. The molecule has 0 radical (unpaired) electrons. The number of thiazole rings is 1. The van der Waals surface area contributed by atoms with Crippen molar-refractivity contribution in [2.45, 2.75) is 51.0 Å². The number of hydrogen-bond donors (Lipinski definition) is 0. The molecule has 4 rings (SSSR count). The minimum Gasteiger partial charge on any atom is -0.297 e. The van der Waals surface area contributed by atoms with E-state index in [1.807, 2.05) is 5.38 Å². The summed E-state index contributed by atoms with van der Waals surface area (Å²) in [5.74, 6) is -0.0311. The van der Waals surface area contributed by atoms with Crippen molar-refractivity contribution in [3.63, 3.8) is 0 Å². The SMILES string of the molecule is O=C(Cc1nccs1)C(CC1CCCCC1)n1cnc2cc(F)ccc2c1=O. The molecule has 146 valence electrons. The van der Waals surface area contributed by atoms with Crippen molar-refractivity contribution in [2.75, 3.05) is 0 Å². The highest BCUT2D eigenvalue weighted by Crippen LogP contribution is 2.31. The van der Waals surface area contributed by atoms with Gasteiger partial charge in [-0.2, -0.15) is 0 Å². The molecule has 1 atom stereocenters. The molecule has 2 heterocycles. The topological polar surface area (TPSA) is 64.8 Å². The van der Waals surface area contributed by atoms with Crippen molar-refractivity contribution in [2.24, 2.45) is 5.92 Å². The molecule has 1 aromatic carbocycles. The van der Waals surface area contributed by atoms with Crippen molar-refractivity contribution in [1.82, 2.24) is 14.5 Å². The van der Waals surface area contributed by atoms with E-state index < -0.39 is 11.9 Å². The lowest BCUT2D eigenvalue weighted by atomic mass is 9.83. The second kappa shape index (κ2) is 8.31. The van der Waals surface area contributed by atoms with Gasteiger partial charge >= 0.3 is 0 Å². The number of hydrogen-bond acceptors (Lipinski definition) is 5. The van der Waals surface area contributed by atoms with Gasteiger partial charge in [0.15, 0.2) is 5.78 Å². The maximum Gasteiger partial charge on any atom is 0.261 e. The fourth-order valence-corrected chi connectivity index (χ4v) is 4.70. The van der Waals surface area contributed by atoms with E-state index in [9.17, 15) is 14.0 Å². The van der Waals surface area contributed by atoms with Crippen LogP contribution in [0.25, 0.3) is 10.9 Å². The summed E-state index contributed by atoms with van der Waals surface area (Å²) >= 11 is 1.44. The molecule has 1 aliphatic carbocycles. The quantitative estimate of drug-likeness (QED) is 0.619. The molecule has 3 aromatic rings. The van der Waals surface area contributed by atoms with Crippen molar-refractivity contribution in [1.29, 1.82) is 0 Å². The van der Waals surface area contributed by atoms with Crippen molar-refractivity contribution in [3.8, 4) is 0 Å². The lowest BCUT2D eigenvalue weighted by Gasteiger charge is -2.27. The number of nitrogens with zero attached hydrogens (tertiary/aromatic N) is 3.